The Labute approximate surface area is 174 Å². The van der Waals surface area contributed by atoms with Gasteiger partial charge in [0.05, 0.1) is 29.7 Å². The number of likely N-dealkylation sites (N-methyl/N-ethyl adjacent to an activating group) is 1. The van der Waals surface area contributed by atoms with E-state index in [1.807, 2.05) is 44.1 Å². The number of sulfonamides is 1. The van der Waals surface area contributed by atoms with Gasteiger partial charge in [0.1, 0.15) is 0 Å². The lowest BCUT2D eigenvalue weighted by Crippen LogP contribution is -2.61. The zero-order valence-corrected chi connectivity index (χ0v) is 18.5. The Hall–Kier alpha value is -1.03. The van der Waals surface area contributed by atoms with Gasteiger partial charge in [-0.25, -0.2) is 13.1 Å². The lowest BCUT2D eigenvalue weighted by Gasteiger charge is -2.52. The Morgan fingerprint density at radius 2 is 1.93 bits per heavy atom. The topological polar surface area (TPSA) is 99.1 Å². The maximum Gasteiger partial charge on any atom is 0.208 e. The van der Waals surface area contributed by atoms with E-state index in [2.05, 4.69) is 16.9 Å². The van der Waals surface area contributed by atoms with E-state index in [0.717, 1.165) is 11.8 Å². The molecule has 0 aromatic heterocycles. The molecule has 1 aromatic carbocycles. The molecule has 2 bridgehead atoms. The van der Waals surface area contributed by atoms with Crippen LogP contribution in [0.25, 0.3) is 0 Å². The second-order valence-electron chi connectivity index (χ2n) is 9.15. The van der Waals surface area contributed by atoms with E-state index in [1.165, 1.54) is 0 Å². The van der Waals surface area contributed by atoms with E-state index in [9.17, 15) is 18.6 Å². The average molecular weight is 427 g/mol. The van der Waals surface area contributed by atoms with E-state index >= 15 is 0 Å². The first-order valence-electron chi connectivity index (χ1n) is 10.2. The molecule has 0 spiro atoms. The Morgan fingerprint density at radius 3 is 2.52 bits per heavy atom. The van der Waals surface area contributed by atoms with Gasteiger partial charge in [-0.15, -0.1) is 0 Å². The van der Waals surface area contributed by atoms with Crippen molar-refractivity contribution < 1.29 is 23.4 Å². The molecule has 2 aliphatic rings. The van der Waals surface area contributed by atoms with E-state index < -0.39 is 33.4 Å². The summed E-state index contributed by atoms with van der Waals surface area (Å²) in [5.41, 5.74) is -0.641. The summed E-state index contributed by atoms with van der Waals surface area (Å²) in [5.74, 6) is 0.0957. The van der Waals surface area contributed by atoms with Gasteiger partial charge in [0, 0.05) is 12.6 Å². The van der Waals surface area contributed by atoms with Crippen LogP contribution in [-0.2, 0) is 14.8 Å². The van der Waals surface area contributed by atoms with Crippen molar-refractivity contribution in [2.75, 3.05) is 26.9 Å². The SMILES string of the molecule is CN(C)[C@@H]1CC[C@@]2(C(O)CNS(C)(=O)=O)C[C@H](c3ccccc3)C[C@](C)(O2)[C@H]1O. The van der Waals surface area contributed by atoms with Gasteiger partial charge in [0.2, 0.25) is 10.0 Å². The van der Waals surface area contributed by atoms with Gasteiger partial charge in [-0.2, -0.15) is 0 Å². The van der Waals surface area contributed by atoms with Crippen molar-refractivity contribution in [1.82, 2.24) is 9.62 Å². The summed E-state index contributed by atoms with van der Waals surface area (Å²) in [6.07, 6.45) is 1.74. The predicted molar refractivity (Wildman–Crippen MR) is 112 cm³/mol. The predicted octanol–water partition coefficient (Wildman–Crippen LogP) is 1.07. The normalized spacial score (nSPS) is 36.6. The largest absolute Gasteiger partial charge is 0.389 e. The second-order valence-corrected chi connectivity index (χ2v) is 11.0. The molecule has 1 aromatic rings. The quantitative estimate of drug-likeness (QED) is 0.629. The summed E-state index contributed by atoms with van der Waals surface area (Å²) >= 11 is 0. The van der Waals surface area contributed by atoms with E-state index in [-0.39, 0.29) is 18.5 Å². The first-order valence-corrected chi connectivity index (χ1v) is 12.1. The third-order valence-electron chi connectivity index (χ3n) is 6.61. The van der Waals surface area contributed by atoms with Crippen LogP contribution in [0.3, 0.4) is 0 Å². The first kappa shape index (κ1) is 22.7. The fourth-order valence-corrected chi connectivity index (χ4v) is 5.57. The highest BCUT2D eigenvalue weighted by Crippen LogP contribution is 2.51. The number of hydrogen-bond acceptors (Lipinski definition) is 6. The number of benzene rings is 1. The van der Waals surface area contributed by atoms with Crippen LogP contribution in [-0.4, -0.2) is 79.9 Å². The molecule has 2 saturated heterocycles. The van der Waals surface area contributed by atoms with Crippen molar-refractivity contribution >= 4 is 10.0 Å². The number of rotatable bonds is 6. The molecule has 0 amide bonds. The average Bonchev–Trinajstić information content (AvgIpc) is 2.72. The zero-order valence-electron chi connectivity index (χ0n) is 17.7. The molecule has 0 radical (unpaired) electrons. The number of aliphatic hydroxyl groups is 2. The van der Waals surface area contributed by atoms with Crippen molar-refractivity contribution in [2.45, 2.75) is 68.0 Å². The van der Waals surface area contributed by atoms with E-state index in [1.54, 1.807) is 0 Å². The van der Waals surface area contributed by atoms with Crippen LogP contribution >= 0.6 is 0 Å². The van der Waals surface area contributed by atoms with Crippen LogP contribution in [0.1, 0.15) is 44.1 Å². The molecule has 1 unspecified atom stereocenters. The van der Waals surface area contributed by atoms with Crippen LogP contribution in [0, 0.1) is 0 Å². The molecule has 7 nitrogen and oxygen atoms in total. The van der Waals surface area contributed by atoms with Gasteiger partial charge in [-0.05, 0) is 58.2 Å². The molecule has 29 heavy (non-hydrogen) atoms. The van der Waals surface area contributed by atoms with Crippen LogP contribution in [0.2, 0.25) is 0 Å². The van der Waals surface area contributed by atoms with Crippen LogP contribution in [0.5, 0.6) is 0 Å². The lowest BCUT2D eigenvalue weighted by molar-refractivity contribution is -0.250. The summed E-state index contributed by atoms with van der Waals surface area (Å²) in [7, 11) is 0.443. The molecule has 6 atom stereocenters. The Kier molecular flexibility index (Phi) is 6.44. The van der Waals surface area contributed by atoms with Crippen molar-refractivity contribution in [2.24, 2.45) is 0 Å². The summed E-state index contributed by atoms with van der Waals surface area (Å²) in [5, 5.41) is 22.4. The fourth-order valence-electron chi connectivity index (χ4n) is 5.11. The Morgan fingerprint density at radius 1 is 1.28 bits per heavy atom. The maximum absolute atomic E-state index is 11.6. The minimum absolute atomic E-state index is 0.0957. The van der Waals surface area contributed by atoms with E-state index in [0.29, 0.717) is 25.7 Å². The Balaban J connectivity index is 1.99. The minimum Gasteiger partial charge on any atom is -0.389 e. The van der Waals surface area contributed by atoms with E-state index in [4.69, 9.17) is 4.74 Å². The molecule has 164 valence electrons. The summed E-state index contributed by atoms with van der Waals surface area (Å²) in [6.45, 7) is 1.80. The van der Waals surface area contributed by atoms with Gasteiger partial charge in [-0.3, -0.25) is 0 Å². The van der Waals surface area contributed by atoms with Crippen LogP contribution in [0.4, 0.5) is 0 Å². The Bertz CT molecular complexity index is 803. The van der Waals surface area contributed by atoms with Gasteiger partial charge in [-0.1, -0.05) is 30.3 Å². The highest BCUT2D eigenvalue weighted by Gasteiger charge is 2.57. The highest BCUT2D eigenvalue weighted by atomic mass is 32.2. The number of fused-ring (bicyclic) bond motifs is 2. The van der Waals surface area contributed by atoms with Crippen LogP contribution in [0.15, 0.2) is 30.3 Å². The maximum atomic E-state index is 11.6. The molecular weight excluding hydrogens is 392 g/mol. The van der Waals surface area contributed by atoms with Gasteiger partial charge in [0.25, 0.3) is 0 Å². The minimum atomic E-state index is -3.44. The molecule has 0 saturated carbocycles. The molecular formula is C21H34N2O5S. The summed E-state index contributed by atoms with van der Waals surface area (Å²) < 4.78 is 32.1. The van der Waals surface area contributed by atoms with Crippen molar-refractivity contribution in [3.8, 4) is 0 Å². The second kappa shape index (κ2) is 8.24. The number of nitrogens with zero attached hydrogens (tertiary/aromatic N) is 1. The number of ether oxygens (including phenoxy) is 1. The highest BCUT2D eigenvalue weighted by molar-refractivity contribution is 7.88. The number of hydrogen-bond donors (Lipinski definition) is 3. The van der Waals surface area contributed by atoms with Gasteiger partial charge >= 0.3 is 0 Å². The molecule has 3 rings (SSSR count). The molecule has 8 heteroatoms. The van der Waals surface area contributed by atoms with Crippen LogP contribution < -0.4 is 4.72 Å². The molecule has 2 fully saturated rings. The number of aliphatic hydroxyl groups excluding tert-OH is 2. The standard InChI is InChI=1S/C21H34N2O5S/c1-20-12-16(15-8-6-5-7-9-15)13-21(28-20,18(24)14-22-29(4,26)27)11-10-17(19(20)25)23(2)3/h5-9,16-19,22,24-25H,10-14H2,1-4H3/t16-,17-,18?,19+,20+,21+/m1/s1. The number of nitrogens with one attached hydrogen (secondary N) is 1. The summed E-state index contributed by atoms with van der Waals surface area (Å²) in [4.78, 5) is 2.01. The smallest absolute Gasteiger partial charge is 0.208 e. The fraction of sp³-hybridized carbons (Fsp3) is 0.714. The van der Waals surface area contributed by atoms with Crippen molar-refractivity contribution in [3.63, 3.8) is 0 Å². The zero-order chi connectivity index (χ0) is 21.4. The van der Waals surface area contributed by atoms with Crippen molar-refractivity contribution in [1.29, 1.82) is 0 Å². The van der Waals surface area contributed by atoms with Crippen molar-refractivity contribution in [3.05, 3.63) is 35.9 Å². The molecule has 0 aliphatic carbocycles. The third-order valence-corrected chi connectivity index (χ3v) is 7.30. The third kappa shape index (κ3) is 4.84. The monoisotopic (exact) mass is 426 g/mol. The molecule has 2 aliphatic heterocycles. The van der Waals surface area contributed by atoms with Gasteiger partial charge < -0.3 is 19.8 Å². The van der Waals surface area contributed by atoms with Gasteiger partial charge in [0.15, 0.2) is 0 Å². The first-order chi connectivity index (χ1) is 13.5. The molecule has 3 N–H and O–H groups in total. The summed E-state index contributed by atoms with van der Waals surface area (Å²) in [6, 6.07) is 9.97. The molecule has 2 heterocycles. The lowest BCUT2D eigenvalue weighted by atomic mass is 9.72.